The Kier molecular flexibility index (Phi) is 3.89. The van der Waals surface area contributed by atoms with Crippen LogP contribution >= 0.6 is 0 Å². The van der Waals surface area contributed by atoms with E-state index in [-0.39, 0.29) is 0 Å². The number of nitrogens with zero attached hydrogens (tertiary/aromatic N) is 1. The Hall–Kier alpha value is -1.67. The molecule has 2 rings (SSSR count). The first kappa shape index (κ1) is 11.8. The van der Waals surface area contributed by atoms with Crippen LogP contribution in [0.4, 0.5) is 0 Å². The molecular weight excluding hydrogens is 208 g/mol. The third-order valence-electron chi connectivity index (χ3n) is 2.90. The van der Waals surface area contributed by atoms with Gasteiger partial charge in [0.15, 0.2) is 0 Å². The van der Waals surface area contributed by atoms with Gasteiger partial charge in [0.1, 0.15) is 0 Å². The van der Waals surface area contributed by atoms with E-state index in [4.69, 9.17) is 0 Å². The summed E-state index contributed by atoms with van der Waals surface area (Å²) in [6, 6.07) is 14.7. The van der Waals surface area contributed by atoms with Crippen LogP contribution in [-0.2, 0) is 0 Å². The summed E-state index contributed by atoms with van der Waals surface area (Å²) in [5, 5.41) is 3.24. The molecule has 0 radical (unpaired) electrons. The van der Waals surface area contributed by atoms with Gasteiger partial charge >= 0.3 is 0 Å². The predicted octanol–water partition coefficient (Wildman–Crippen LogP) is 2.74. The molecule has 0 spiro atoms. The fourth-order valence-electron chi connectivity index (χ4n) is 2.07. The van der Waals surface area contributed by atoms with E-state index in [1.165, 1.54) is 11.1 Å². The molecule has 1 heterocycles. The molecule has 1 unspecified atom stereocenters. The number of aryl methyl sites for hydroxylation is 1. The van der Waals surface area contributed by atoms with Crippen LogP contribution < -0.4 is 5.32 Å². The topological polar surface area (TPSA) is 24.9 Å². The fraction of sp³-hybridized carbons (Fsp3) is 0.267. The minimum atomic E-state index is 0.320. The maximum atomic E-state index is 4.46. The largest absolute Gasteiger partial charge is 0.319 e. The van der Waals surface area contributed by atoms with E-state index in [9.17, 15) is 0 Å². The Balaban J connectivity index is 2.35. The third kappa shape index (κ3) is 2.92. The number of likely N-dealkylation sites (N-methyl/N-ethyl adjacent to an activating group) is 1. The maximum Gasteiger partial charge on any atom is 0.0491 e. The molecule has 1 N–H and O–H groups in total. The summed E-state index contributed by atoms with van der Waals surface area (Å²) in [5.74, 6) is 0.320. The molecule has 0 aliphatic heterocycles. The van der Waals surface area contributed by atoms with Gasteiger partial charge in [-0.05, 0) is 31.7 Å². The van der Waals surface area contributed by atoms with Crippen molar-refractivity contribution in [2.24, 2.45) is 0 Å². The number of hydrogen-bond acceptors (Lipinski definition) is 2. The van der Waals surface area contributed by atoms with Crippen LogP contribution in [0, 0.1) is 6.92 Å². The number of benzene rings is 1. The maximum absolute atomic E-state index is 4.46. The highest BCUT2D eigenvalue weighted by Crippen LogP contribution is 2.22. The first-order valence-corrected chi connectivity index (χ1v) is 5.93. The van der Waals surface area contributed by atoms with E-state index in [2.05, 4.69) is 47.6 Å². The Bertz CT molecular complexity index is 465. The molecule has 1 aromatic heterocycles. The van der Waals surface area contributed by atoms with Gasteiger partial charge in [0, 0.05) is 24.4 Å². The van der Waals surface area contributed by atoms with Crippen LogP contribution in [0.2, 0.25) is 0 Å². The van der Waals surface area contributed by atoms with Gasteiger partial charge in [-0.1, -0.05) is 35.9 Å². The Labute approximate surface area is 103 Å². The van der Waals surface area contributed by atoms with Gasteiger partial charge in [0.25, 0.3) is 0 Å². The quantitative estimate of drug-likeness (QED) is 0.867. The third-order valence-corrected chi connectivity index (χ3v) is 2.90. The molecule has 17 heavy (non-hydrogen) atoms. The molecule has 2 heteroatoms. The molecule has 0 fully saturated rings. The number of pyridine rings is 1. The molecule has 88 valence electrons. The van der Waals surface area contributed by atoms with Gasteiger partial charge in [0.05, 0.1) is 0 Å². The first-order chi connectivity index (χ1) is 8.31. The molecule has 2 aromatic rings. The lowest BCUT2D eigenvalue weighted by atomic mass is 9.94. The first-order valence-electron chi connectivity index (χ1n) is 5.93. The number of nitrogens with one attached hydrogen (secondary N) is 1. The summed E-state index contributed by atoms with van der Waals surface area (Å²) < 4.78 is 0. The summed E-state index contributed by atoms with van der Waals surface area (Å²) in [6.07, 6.45) is 1.85. The Morgan fingerprint density at radius 2 is 2.06 bits per heavy atom. The molecule has 2 nitrogen and oxygen atoms in total. The van der Waals surface area contributed by atoms with Crippen molar-refractivity contribution >= 4 is 0 Å². The van der Waals surface area contributed by atoms with Crippen LogP contribution in [0.5, 0.6) is 0 Å². The van der Waals surface area contributed by atoms with Gasteiger partial charge in [0.2, 0.25) is 0 Å². The average Bonchev–Trinajstić information content (AvgIpc) is 2.37. The Morgan fingerprint density at radius 1 is 1.18 bits per heavy atom. The smallest absolute Gasteiger partial charge is 0.0491 e. The molecule has 0 amide bonds. The van der Waals surface area contributed by atoms with Crippen LogP contribution in [0.15, 0.2) is 48.7 Å². The average molecular weight is 226 g/mol. The zero-order valence-electron chi connectivity index (χ0n) is 10.4. The van der Waals surface area contributed by atoms with Crippen molar-refractivity contribution in [3.8, 4) is 0 Å². The lowest BCUT2D eigenvalue weighted by Gasteiger charge is -2.17. The van der Waals surface area contributed by atoms with Crippen molar-refractivity contribution in [1.29, 1.82) is 0 Å². The Morgan fingerprint density at radius 3 is 2.71 bits per heavy atom. The second-order valence-electron chi connectivity index (χ2n) is 4.28. The van der Waals surface area contributed by atoms with Crippen molar-refractivity contribution in [2.75, 3.05) is 13.6 Å². The van der Waals surface area contributed by atoms with Gasteiger partial charge in [-0.2, -0.15) is 0 Å². The SMILES string of the molecule is CNCC(c1cccc(C)c1)c1ccccn1. The minimum absolute atomic E-state index is 0.320. The van der Waals surface area contributed by atoms with Gasteiger partial charge < -0.3 is 5.32 Å². The summed E-state index contributed by atoms with van der Waals surface area (Å²) in [4.78, 5) is 4.46. The summed E-state index contributed by atoms with van der Waals surface area (Å²) in [6.45, 7) is 3.03. The summed E-state index contributed by atoms with van der Waals surface area (Å²) in [5.41, 5.74) is 3.73. The van der Waals surface area contributed by atoms with Gasteiger partial charge in [-0.3, -0.25) is 4.98 Å². The highest BCUT2D eigenvalue weighted by atomic mass is 14.8. The van der Waals surface area contributed by atoms with E-state index >= 15 is 0 Å². The monoisotopic (exact) mass is 226 g/mol. The molecule has 0 saturated heterocycles. The second-order valence-corrected chi connectivity index (χ2v) is 4.28. The second kappa shape index (κ2) is 5.60. The highest BCUT2D eigenvalue weighted by molar-refractivity contribution is 5.31. The zero-order valence-corrected chi connectivity index (χ0v) is 10.4. The lowest BCUT2D eigenvalue weighted by molar-refractivity contribution is 0.691. The van der Waals surface area contributed by atoms with Crippen molar-refractivity contribution in [2.45, 2.75) is 12.8 Å². The van der Waals surface area contributed by atoms with Gasteiger partial charge in [-0.15, -0.1) is 0 Å². The molecule has 0 bridgehead atoms. The van der Waals surface area contributed by atoms with E-state index in [1.54, 1.807) is 0 Å². The summed E-state index contributed by atoms with van der Waals surface area (Å²) >= 11 is 0. The highest BCUT2D eigenvalue weighted by Gasteiger charge is 2.14. The van der Waals surface area contributed by atoms with E-state index in [1.807, 2.05) is 25.4 Å². The molecule has 0 aliphatic rings. The standard InChI is InChI=1S/C15H18N2/c1-12-6-5-7-13(10-12)14(11-16-2)15-8-3-4-9-17-15/h3-10,14,16H,11H2,1-2H3. The van der Waals surface area contributed by atoms with Crippen LogP contribution in [0.1, 0.15) is 22.7 Å². The zero-order chi connectivity index (χ0) is 12.1. The van der Waals surface area contributed by atoms with Crippen LogP contribution in [0.25, 0.3) is 0 Å². The van der Waals surface area contributed by atoms with Crippen molar-refractivity contribution < 1.29 is 0 Å². The molecule has 0 saturated carbocycles. The van der Waals surface area contributed by atoms with Crippen LogP contribution in [-0.4, -0.2) is 18.6 Å². The predicted molar refractivity (Wildman–Crippen MR) is 71.2 cm³/mol. The summed E-state index contributed by atoms with van der Waals surface area (Å²) in [7, 11) is 1.98. The number of aromatic nitrogens is 1. The normalized spacial score (nSPS) is 12.4. The van der Waals surface area contributed by atoms with Crippen molar-refractivity contribution in [3.63, 3.8) is 0 Å². The molecule has 1 aromatic carbocycles. The molecule has 0 aliphatic carbocycles. The lowest BCUT2D eigenvalue weighted by Crippen LogP contribution is -2.19. The van der Waals surface area contributed by atoms with Crippen LogP contribution in [0.3, 0.4) is 0 Å². The number of hydrogen-bond donors (Lipinski definition) is 1. The van der Waals surface area contributed by atoms with Gasteiger partial charge in [-0.25, -0.2) is 0 Å². The van der Waals surface area contributed by atoms with Crippen molar-refractivity contribution in [1.82, 2.24) is 10.3 Å². The molecular formula is C15H18N2. The molecule has 1 atom stereocenters. The van der Waals surface area contributed by atoms with Crippen molar-refractivity contribution in [3.05, 3.63) is 65.5 Å². The number of rotatable bonds is 4. The van der Waals surface area contributed by atoms with E-state index in [0.29, 0.717) is 5.92 Å². The fourth-order valence-corrected chi connectivity index (χ4v) is 2.07. The van der Waals surface area contributed by atoms with E-state index in [0.717, 1.165) is 12.2 Å². The minimum Gasteiger partial charge on any atom is -0.319 e. The van der Waals surface area contributed by atoms with E-state index < -0.39 is 0 Å².